The van der Waals surface area contributed by atoms with E-state index in [0.717, 1.165) is 36.8 Å². The predicted octanol–water partition coefficient (Wildman–Crippen LogP) is 3.40. The van der Waals surface area contributed by atoms with Crippen molar-refractivity contribution in [2.45, 2.75) is 62.6 Å². The van der Waals surface area contributed by atoms with Crippen LogP contribution in [0, 0.1) is 0 Å². The molecule has 0 radical (unpaired) electrons. The zero-order valence-electron chi connectivity index (χ0n) is 19.0. The molecule has 7 heteroatoms. The Bertz CT molecular complexity index is 1020. The molecule has 0 aliphatic carbocycles. The fraction of sp³-hybridized carbons (Fsp3) is 0.462. The summed E-state index contributed by atoms with van der Waals surface area (Å²) in [6, 6.07) is 18.3. The lowest BCUT2D eigenvalue weighted by Gasteiger charge is -2.45. The normalized spacial score (nSPS) is 28.0. The van der Waals surface area contributed by atoms with Gasteiger partial charge in [0.05, 0.1) is 43.3 Å². The maximum Gasteiger partial charge on any atom is 0.209 e. The number of fused-ring (bicyclic) bond motifs is 1. The molecule has 2 aliphatic heterocycles. The van der Waals surface area contributed by atoms with Gasteiger partial charge in [0.15, 0.2) is 0 Å². The fourth-order valence-electron chi connectivity index (χ4n) is 4.69. The van der Waals surface area contributed by atoms with Gasteiger partial charge in [-0.2, -0.15) is 0 Å². The quantitative estimate of drug-likeness (QED) is 0.577. The summed E-state index contributed by atoms with van der Waals surface area (Å²) in [6.45, 7) is -0.0205. The van der Waals surface area contributed by atoms with E-state index in [0.29, 0.717) is 6.42 Å². The van der Waals surface area contributed by atoms with Crippen LogP contribution in [0.25, 0.3) is 12.2 Å². The van der Waals surface area contributed by atoms with E-state index in [-0.39, 0.29) is 37.1 Å². The van der Waals surface area contributed by atoms with Crippen LogP contribution in [0.3, 0.4) is 0 Å². The Balaban J connectivity index is 1.37. The first kappa shape index (κ1) is 24.1. The molecule has 2 aliphatic rings. The van der Waals surface area contributed by atoms with Gasteiger partial charge in [-0.1, -0.05) is 66.7 Å². The van der Waals surface area contributed by atoms with Crippen LogP contribution in [0.1, 0.15) is 42.4 Å². The highest BCUT2D eigenvalue weighted by Crippen LogP contribution is 2.33. The number of aliphatic hydroxyl groups excluding tert-OH is 1. The van der Waals surface area contributed by atoms with E-state index in [1.165, 1.54) is 11.8 Å². The van der Waals surface area contributed by atoms with E-state index < -0.39 is 10.0 Å². The van der Waals surface area contributed by atoms with Gasteiger partial charge in [0, 0.05) is 0 Å². The van der Waals surface area contributed by atoms with Gasteiger partial charge in [0.1, 0.15) is 0 Å². The van der Waals surface area contributed by atoms with Crippen molar-refractivity contribution in [1.29, 1.82) is 0 Å². The molecule has 2 heterocycles. The molecule has 2 N–H and O–H groups in total. The van der Waals surface area contributed by atoms with E-state index in [2.05, 4.69) is 53.3 Å². The Morgan fingerprint density at radius 3 is 2.33 bits per heavy atom. The first-order chi connectivity index (χ1) is 15.9. The van der Waals surface area contributed by atoms with Gasteiger partial charge in [-0.3, -0.25) is 0 Å². The fourth-order valence-corrected chi connectivity index (χ4v) is 5.48. The zero-order valence-corrected chi connectivity index (χ0v) is 19.8. The van der Waals surface area contributed by atoms with Gasteiger partial charge < -0.3 is 14.6 Å². The Kier molecular flexibility index (Phi) is 7.98. The molecule has 2 saturated heterocycles. The van der Waals surface area contributed by atoms with Crippen molar-refractivity contribution >= 4 is 22.2 Å². The third-order valence-corrected chi connectivity index (χ3v) is 7.10. The molecule has 33 heavy (non-hydrogen) atoms. The molecule has 2 aromatic rings. The Morgan fingerprint density at radius 2 is 1.67 bits per heavy atom. The van der Waals surface area contributed by atoms with Crippen LogP contribution in [-0.2, 0) is 25.9 Å². The molecular weight excluding hydrogens is 438 g/mol. The number of aliphatic hydroxyl groups is 1. The lowest BCUT2D eigenvalue weighted by atomic mass is 9.88. The predicted molar refractivity (Wildman–Crippen MR) is 130 cm³/mol. The highest BCUT2D eigenvalue weighted by molar-refractivity contribution is 7.88. The molecule has 0 aromatic heterocycles. The first-order valence-electron chi connectivity index (χ1n) is 11.6. The molecule has 0 amide bonds. The average Bonchev–Trinajstić information content (AvgIpc) is 2.81. The van der Waals surface area contributed by atoms with Crippen molar-refractivity contribution in [2.75, 3.05) is 12.9 Å². The number of ether oxygens (including phenoxy) is 2. The van der Waals surface area contributed by atoms with Gasteiger partial charge in [-0.15, -0.1) is 0 Å². The second-order valence-corrected chi connectivity index (χ2v) is 10.8. The molecule has 0 bridgehead atoms. The van der Waals surface area contributed by atoms with Gasteiger partial charge in [0.25, 0.3) is 0 Å². The van der Waals surface area contributed by atoms with Crippen molar-refractivity contribution in [3.05, 3.63) is 71.3 Å². The smallest absolute Gasteiger partial charge is 0.209 e. The first-order valence-corrected chi connectivity index (χ1v) is 13.5. The highest BCUT2D eigenvalue weighted by atomic mass is 32.2. The molecule has 2 aromatic carbocycles. The van der Waals surface area contributed by atoms with Crippen LogP contribution in [0.2, 0.25) is 0 Å². The number of hydrogen-bond acceptors (Lipinski definition) is 5. The van der Waals surface area contributed by atoms with Crippen LogP contribution < -0.4 is 4.72 Å². The topological polar surface area (TPSA) is 84.9 Å². The van der Waals surface area contributed by atoms with Crippen LogP contribution >= 0.6 is 0 Å². The van der Waals surface area contributed by atoms with Crippen LogP contribution in [-0.4, -0.2) is 56.8 Å². The number of nitrogens with one attached hydrogen (secondary N) is 1. The Morgan fingerprint density at radius 1 is 0.970 bits per heavy atom. The maximum absolute atomic E-state index is 11.9. The minimum absolute atomic E-state index is 0.0205. The van der Waals surface area contributed by atoms with Crippen molar-refractivity contribution in [1.82, 2.24) is 4.72 Å². The Hall–Kier alpha value is -2.03. The molecule has 4 rings (SSSR count). The van der Waals surface area contributed by atoms with Crippen LogP contribution in [0.4, 0.5) is 0 Å². The molecule has 0 spiro atoms. The SMILES string of the molecule is CS(=O)(=O)N[C@@H]1C[C@@H]2O[C@@H](CO)CC[C@@H]2O[C@@H]1CCc1ccc(/C=C/c2ccccc2)cc1. The van der Waals surface area contributed by atoms with E-state index in [1.54, 1.807) is 0 Å². The van der Waals surface area contributed by atoms with E-state index in [1.807, 2.05) is 18.2 Å². The van der Waals surface area contributed by atoms with Crippen LogP contribution in [0.15, 0.2) is 54.6 Å². The van der Waals surface area contributed by atoms with E-state index >= 15 is 0 Å². The monoisotopic (exact) mass is 471 g/mol. The maximum atomic E-state index is 11.9. The number of benzene rings is 2. The molecule has 6 nitrogen and oxygen atoms in total. The number of aryl methyl sites for hydroxylation is 1. The van der Waals surface area contributed by atoms with Crippen molar-refractivity contribution in [3.63, 3.8) is 0 Å². The van der Waals surface area contributed by atoms with Gasteiger partial charge in [0.2, 0.25) is 10.0 Å². The van der Waals surface area contributed by atoms with Gasteiger partial charge in [-0.05, 0) is 48.8 Å². The second kappa shape index (κ2) is 10.9. The summed E-state index contributed by atoms with van der Waals surface area (Å²) in [5.74, 6) is 0. The van der Waals surface area contributed by atoms with Crippen molar-refractivity contribution in [2.24, 2.45) is 0 Å². The largest absolute Gasteiger partial charge is 0.394 e. The third-order valence-electron chi connectivity index (χ3n) is 6.37. The number of sulfonamides is 1. The summed E-state index contributed by atoms with van der Waals surface area (Å²) in [5.41, 5.74) is 3.49. The van der Waals surface area contributed by atoms with E-state index in [4.69, 9.17) is 9.47 Å². The lowest BCUT2D eigenvalue weighted by Crippen LogP contribution is -2.57. The van der Waals surface area contributed by atoms with Gasteiger partial charge in [-0.25, -0.2) is 13.1 Å². The Labute approximate surface area is 196 Å². The summed E-state index contributed by atoms with van der Waals surface area (Å²) in [7, 11) is -3.37. The molecule has 0 saturated carbocycles. The van der Waals surface area contributed by atoms with Gasteiger partial charge >= 0.3 is 0 Å². The molecular formula is C26H33NO5S. The summed E-state index contributed by atoms with van der Waals surface area (Å²) in [4.78, 5) is 0. The third kappa shape index (κ3) is 6.98. The average molecular weight is 472 g/mol. The second-order valence-electron chi connectivity index (χ2n) is 9.03. The van der Waals surface area contributed by atoms with E-state index in [9.17, 15) is 13.5 Å². The molecule has 178 valence electrons. The summed E-state index contributed by atoms with van der Waals surface area (Å²) in [5, 5.41) is 9.43. The standard InChI is InChI=1S/C26H33NO5S/c1-33(29,30)27-23-17-26-25(16-14-22(18-28)31-26)32-24(23)15-13-21-11-9-20(10-12-21)8-7-19-5-3-2-4-6-19/h2-12,22-28H,13-18H2,1H3/b8-7+/t22-,23-,24-,25+,26+/m1/s1. The molecule has 5 atom stereocenters. The highest BCUT2D eigenvalue weighted by Gasteiger charge is 2.42. The molecule has 0 unspecified atom stereocenters. The summed E-state index contributed by atoms with van der Waals surface area (Å²) < 4.78 is 38.9. The minimum Gasteiger partial charge on any atom is -0.394 e. The zero-order chi connectivity index (χ0) is 23.3. The van der Waals surface area contributed by atoms with Crippen molar-refractivity contribution < 1.29 is 23.0 Å². The number of hydrogen-bond donors (Lipinski definition) is 2. The minimum atomic E-state index is -3.37. The molecule has 2 fully saturated rings. The van der Waals surface area contributed by atoms with Crippen molar-refractivity contribution in [3.8, 4) is 0 Å². The summed E-state index contributed by atoms with van der Waals surface area (Å²) >= 11 is 0. The number of rotatable bonds is 8. The van der Waals surface area contributed by atoms with Crippen LogP contribution in [0.5, 0.6) is 0 Å². The summed E-state index contributed by atoms with van der Waals surface area (Å²) in [6.07, 6.45) is 8.36. The lowest BCUT2D eigenvalue weighted by molar-refractivity contribution is -0.200.